The zero-order valence-electron chi connectivity index (χ0n) is 6.62. The lowest BCUT2D eigenvalue weighted by Crippen LogP contribution is -2.33. The summed E-state index contributed by atoms with van der Waals surface area (Å²) < 4.78 is 5.62. The van der Waals surface area contributed by atoms with Crippen molar-refractivity contribution in [2.75, 3.05) is 6.54 Å². The summed E-state index contributed by atoms with van der Waals surface area (Å²) in [6.07, 6.45) is 0. The van der Waals surface area contributed by atoms with E-state index in [0.29, 0.717) is 0 Å². The Hall–Kier alpha value is -0.0800. The molecule has 1 N–H and O–H groups in total. The minimum atomic E-state index is -0.122. The smallest absolute Gasteiger partial charge is 0.114 e. The van der Waals surface area contributed by atoms with Crippen molar-refractivity contribution in [3.8, 4) is 0 Å². The third kappa shape index (κ3) is 1.66. The van der Waals surface area contributed by atoms with Gasteiger partial charge in [-0.1, -0.05) is 0 Å². The minimum Gasteiger partial charge on any atom is -0.354 e. The van der Waals surface area contributed by atoms with Gasteiger partial charge in [-0.15, -0.1) is 0 Å². The van der Waals surface area contributed by atoms with Crippen LogP contribution in [0, 0.1) is 0 Å². The molecule has 2 nitrogen and oxygen atoms in total. The van der Waals surface area contributed by atoms with Crippen LogP contribution in [0.3, 0.4) is 0 Å². The second-order valence-electron chi connectivity index (χ2n) is 3.73. The molecule has 9 heavy (non-hydrogen) atoms. The summed E-state index contributed by atoms with van der Waals surface area (Å²) in [7, 11) is 0. The van der Waals surface area contributed by atoms with Crippen LogP contribution in [-0.2, 0) is 4.74 Å². The highest BCUT2D eigenvalue weighted by atomic mass is 16.5. The van der Waals surface area contributed by atoms with Gasteiger partial charge in [0.25, 0.3) is 0 Å². The molecule has 0 aromatic carbocycles. The molecule has 1 rings (SSSR count). The van der Waals surface area contributed by atoms with Gasteiger partial charge in [-0.3, -0.25) is 5.32 Å². The average Bonchev–Trinajstić information content (AvgIpc) is 1.78. The fraction of sp³-hybridized carbons (Fsp3) is 1.00. The molecule has 0 saturated carbocycles. The van der Waals surface area contributed by atoms with E-state index in [9.17, 15) is 0 Å². The van der Waals surface area contributed by atoms with E-state index < -0.39 is 0 Å². The van der Waals surface area contributed by atoms with Crippen LogP contribution in [0.15, 0.2) is 0 Å². The summed E-state index contributed by atoms with van der Waals surface area (Å²) >= 11 is 0. The van der Waals surface area contributed by atoms with Gasteiger partial charge in [0.15, 0.2) is 0 Å². The van der Waals surface area contributed by atoms with Gasteiger partial charge in [0.1, 0.15) is 5.72 Å². The second-order valence-corrected chi connectivity index (χ2v) is 3.73. The van der Waals surface area contributed by atoms with E-state index in [1.54, 1.807) is 0 Å². The van der Waals surface area contributed by atoms with Gasteiger partial charge in [0.05, 0.1) is 5.60 Å². The quantitative estimate of drug-likeness (QED) is 0.529. The second kappa shape index (κ2) is 1.70. The molecule has 0 radical (unpaired) electrons. The maximum atomic E-state index is 5.62. The zero-order valence-corrected chi connectivity index (χ0v) is 6.62. The molecule has 1 saturated heterocycles. The van der Waals surface area contributed by atoms with Crippen LogP contribution in [0.5, 0.6) is 0 Å². The van der Waals surface area contributed by atoms with Crippen LogP contribution in [0.25, 0.3) is 0 Å². The molecule has 1 aliphatic rings. The zero-order chi connectivity index (χ0) is 7.12. The molecule has 0 aliphatic carbocycles. The summed E-state index contributed by atoms with van der Waals surface area (Å²) in [6.45, 7) is 9.22. The summed E-state index contributed by atoms with van der Waals surface area (Å²) in [5.74, 6) is 0. The fourth-order valence-corrected chi connectivity index (χ4v) is 1.19. The van der Waals surface area contributed by atoms with E-state index in [0.717, 1.165) is 6.54 Å². The molecule has 2 heteroatoms. The first-order valence-corrected chi connectivity index (χ1v) is 3.37. The van der Waals surface area contributed by atoms with Gasteiger partial charge < -0.3 is 4.74 Å². The Morgan fingerprint density at radius 3 is 1.89 bits per heavy atom. The molecule has 0 aromatic rings. The van der Waals surface area contributed by atoms with Gasteiger partial charge in [0.2, 0.25) is 0 Å². The van der Waals surface area contributed by atoms with Crippen molar-refractivity contribution < 1.29 is 4.74 Å². The summed E-state index contributed by atoms with van der Waals surface area (Å²) in [5.41, 5.74) is -0.104. The minimum absolute atomic E-state index is 0.0174. The predicted octanol–water partition coefficient (Wildman–Crippen LogP) is 1.12. The molecule has 54 valence electrons. The van der Waals surface area contributed by atoms with Crippen LogP contribution in [0.4, 0.5) is 0 Å². The molecule has 1 heterocycles. The van der Waals surface area contributed by atoms with Crippen LogP contribution in [0.2, 0.25) is 0 Å². The van der Waals surface area contributed by atoms with Crippen molar-refractivity contribution in [1.29, 1.82) is 0 Å². The maximum absolute atomic E-state index is 5.62. The highest BCUT2D eigenvalue weighted by Gasteiger charge is 2.36. The van der Waals surface area contributed by atoms with Crippen LogP contribution >= 0.6 is 0 Å². The summed E-state index contributed by atoms with van der Waals surface area (Å²) in [6, 6.07) is 0. The monoisotopic (exact) mass is 129 g/mol. The molecular weight excluding hydrogens is 114 g/mol. The van der Waals surface area contributed by atoms with Gasteiger partial charge in [-0.2, -0.15) is 0 Å². The third-order valence-electron chi connectivity index (χ3n) is 1.47. The molecule has 0 unspecified atom stereocenters. The van der Waals surface area contributed by atoms with Crippen LogP contribution in [-0.4, -0.2) is 17.9 Å². The predicted molar refractivity (Wildman–Crippen MR) is 37.2 cm³/mol. The topological polar surface area (TPSA) is 21.3 Å². The van der Waals surface area contributed by atoms with E-state index in [1.807, 2.05) is 13.8 Å². The first-order valence-electron chi connectivity index (χ1n) is 3.37. The van der Waals surface area contributed by atoms with Crippen molar-refractivity contribution in [2.24, 2.45) is 0 Å². The van der Waals surface area contributed by atoms with Gasteiger partial charge in [-0.05, 0) is 27.7 Å². The molecule has 0 aromatic heterocycles. The number of nitrogens with one attached hydrogen (secondary N) is 1. The van der Waals surface area contributed by atoms with Crippen molar-refractivity contribution in [2.45, 2.75) is 39.0 Å². The third-order valence-corrected chi connectivity index (χ3v) is 1.47. The normalized spacial score (nSPS) is 30.7. The number of hydrogen-bond acceptors (Lipinski definition) is 2. The number of hydrogen-bond donors (Lipinski definition) is 1. The van der Waals surface area contributed by atoms with Crippen molar-refractivity contribution >= 4 is 0 Å². The highest BCUT2D eigenvalue weighted by Crippen LogP contribution is 2.23. The van der Waals surface area contributed by atoms with E-state index in [4.69, 9.17) is 4.74 Å². The Kier molecular flexibility index (Phi) is 1.33. The number of rotatable bonds is 0. The Balaban J connectivity index is 2.58. The lowest BCUT2D eigenvalue weighted by atomic mass is 10.1. The molecule has 1 fully saturated rings. The maximum Gasteiger partial charge on any atom is 0.114 e. The SMILES string of the molecule is CC1(C)CNC(C)(C)O1. The lowest BCUT2D eigenvalue weighted by molar-refractivity contribution is -0.0677. The van der Waals surface area contributed by atoms with Gasteiger partial charge in [-0.25, -0.2) is 0 Å². The van der Waals surface area contributed by atoms with Crippen molar-refractivity contribution in [3.05, 3.63) is 0 Å². The fourth-order valence-electron chi connectivity index (χ4n) is 1.19. The standard InChI is InChI=1S/C7H15NO/c1-6(2)5-8-7(3,4)9-6/h8H,5H2,1-4H3. The van der Waals surface area contributed by atoms with Crippen LogP contribution < -0.4 is 5.32 Å². The largest absolute Gasteiger partial charge is 0.354 e. The average molecular weight is 129 g/mol. The molecule has 0 atom stereocenters. The Labute approximate surface area is 56.6 Å². The Morgan fingerprint density at radius 2 is 1.78 bits per heavy atom. The van der Waals surface area contributed by atoms with E-state index in [1.165, 1.54) is 0 Å². The van der Waals surface area contributed by atoms with Gasteiger partial charge >= 0.3 is 0 Å². The van der Waals surface area contributed by atoms with E-state index >= 15 is 0 Å². The Morgan fingerprint density at radius 1 is 1.22 bits per heavy atom. The van der Waals surface area contributed by atoms with Crippen molar-refractivity contribution in [1.82, 2.24) is 5.32 Å². The van der Waals surface area contributed by atoms with Gasteiger partial charge in [0, 0.05) is 6.54 Å². The highest BCUT2D eigenvalue weighted by molar-refractivity contribution is 4.86. The molecule has 0 amide bonds. The molecule has 0 spiro atoms. The first-order chi connectivity index (χ1) is 3.91. The molecule has 1 aliphatic heterocycles. The molecular formula is C7H15NO. The van der Waals surface area contributed by atoms with E-state index in [2.05, 4.69) is 19.2 Å². The first kappa shape index (κ1) is 7.03. The van der Waals surface area contributed by atoms with Crippen molar-refractivity contribution in [3.63, 3.8) is 0 Å². The molecule has 0 bridgehead atoms. The number of ether oxygens (including phenoxy) is 1. The lowest BCUT2D eigenvalue weighted by Gasteiger charge is -2.22. The summed E-state index contributed by atoms with van der Waals surface area (Å²) in [4.78, 5) is 0. The van der Waals surface area contributed by atoms with Crippen LogP contribution in [0.1, 0.15) is 27.7 Å². The summed E-state index contributed by atoms with van der Waals surface area (Å²) in [5, 5.41) is 3.26. The Bertz CT molecular complexity index is 104. The van der Waals surface area contributed by atoms with E-state index in [-0.39, 0.29) is 11.3 Å².